The first kappa shape index (κ1) is 48.3. The van der Waals surface area contributed by atoms with Gasteiger partial charge in [0.05, 0.1) is 35.5 Å². The van der Waals surface area contributed by atoms with Crippen LogP contribution in [0.1, 0.15) is 189 Å². The number of likely N-dealkylation sites (tertiary alicyclic amines) is 2. The van der Waals surface area contributed by atoms with Crippen molar-refractivity contribution in [1.82, 2.24) is 9.80 Å². The van der Waals surface area contributed by atoms with E-state index >= 15 is 0 Å². The highest BCUT2D eigenvalue weighted by Gasteiger charge is 2.69. The summed E-state index contributed by atoms with van der Waals surface area (Å²) >= 11 is 0. The van der Waals surface area contributed by atoms with Crippen LogP contribution in [0.15, 0.2) is 0 Å². The van der Waals surface area contributed by atoms with Crippen molar-refractivity contribution in [2.24, 2.45) is 104 Å². The number of nitrogens with zero attached hydrogens (tertiary/aromatic N) is 2. The molecule has 0 spiro atoms. The lowest BCUT2D eigenvalue weighted by Crippen LogP contribution is -2.65. The number of rotatable bonds is 8. The van der Waals surface area contributed by atoms with Gasteiger partial charge in [0.25, 0.3) is 0 Å². The molecule has 13 heteroatoms. The molecule has 18 rings (SSSR count). The molecule has 15 saturated carbocycles. The fourth-order valence-corrected chi connectivity index (χ4v) is 22.0. The van der Waals surface area contributed by atoms with Gasteiger partial charge in [-0.1, -0.05) is 27.7 Å². The van der Waals surface area contributed by atoms with E-state index in [1.807, 2.05) is 6.92 Å². The van der Waals surface area contributed by atoms with E-state index in [-0.39, 0.29) is 58.8 Å². The van der Waals surface area contributed by atoms with Crippen molar-refractivity contribution in [1.29, 1.82) is 0 Å². The average Bonchev–Trinajstić information content (AvgIpc) is 4.06. The van der Waals surface area contributed by atoms with Gasteiger partial charge in [-0.15, -0.1) is 0 Å². The van der Waals surface area contributed by atoms with Crippen molar-refractivity contribution in [3.05, 3.63) is 0 Å². The van der Waals surface area contributed by atoms with Crippen molar-refractivity contribution >= 4 is 32.0 Å². The topological polar surface area (TPSA) is 163 Å². The molecule has 18 aliphatic rings. The molecule has 0 aromatic heterocycles. The van der Waals surface area contributed by atoms with Crippen LogP contribution in [0.4, 0.5) is 0 Å². The molecule has 5 N–H and O–H groups in total. The molecule has 69 heavy (non-hydrogen) atoms. The molecule has 382 valence electrons. The molecule has 18 fully saturated rings. The number of carbonyl (C=O) groups excluding carboxylic acids is 2. The van der Waals surface area contributed by atoms with E-state index in [1.165, 1.54) is 103 Å². The largest absolute Gasteiger partial charge is 0.481 e. The van der Waals surface area contributed by atoms with Crippen LogP contribution in [0.25, 0.3) is 0 Å². The lowest BCUT2D eigenvalue weighted by Gasteiger charge is -2.64. The molecule has 0 radical (unpaired) electrons. The third-order valence-corrected chi connectivity index (χ3v) is 24.6. The van der Waals surface area contributed by atoms with Crippen LogP contribution < -0.4 is 5.73 Å². The third kappa shape index (κ3) is 7.91. The first-order valence-electron chi connectivity index (χ1n) is 29.1. The van der Waals surface area contributed by atoms with Gasteiger partial charge in [0.2, 0.25) is 11.8 Å². The molecule has 14 bridgehead atoms. The van der Waals surface area contributed by atoms with Crippen LogP contribution >= 0.6 is 0 Å². The Balaban J connectivity index is 0.000000115. The minimum absolute atomic E-state index is 0.0145. The molecule has 3 saturated heterocycles. The Morgan fingerprint density at radius 1 is 0.609 bits per heavy atom. The van der Waals surface area contributed by atoms with Crippen molar-refractivity contribution in [2.45, 2.75) is 218 Å². The van der Waals surface area contributed by atoms with Gasteiger partial charge in [-0.05, 0) is 248 Å². The summed E-state index contributed by atoms with van der Waals surface area (Å²) in [5, 5.41) is 28.3. The Morgan fingerprint density at radius 2 is 1.04 bits per heavy atom. The number of carbonyl (C=O) groups is 3. The number of nitrogens with two attached hydrogens (primary N) is 1. The monoisotopic (exact) mass is 954 g/mol. The van der Waals surface area contributed by atoms with Gasteiger partial charge in [-0.2, -0.15) is 0 Å². The van der Waals surface area contributed by atoms with Crippen LogP contribution in [0.5, 0.6) is 0 Å². The lowest BCUT2D eigenvalue weighted by molar-refractivity contribution is -0.199. The second-order valence-electron chi connectivity index (χ2n) is 28.8. The lowest BCUT2D eigenvalue weighted by atomic mass is 9.43. The van der Waals surface area contributed by atoms with E-state index in [0.717, 1.165) is 111 Å². The van der Waals surface area contributed by atoms with Gasteiger partial charge in [0, 0.05) is 19.0 Å². The minimum atomic E-state index is -1.45. The number of aliphatic carboxylic acids is 1. The summed E-state index contributed by atoms with van der Waals surface area (Å²) in [5.41, 5.74) is 7.14. The summed E-state index contributed by atoms with van der Waals surface area (Å²) in [4.78, 5) is 42.0. The molecule has 0 aromatic rings. The Kier molecular flexibility index (Phi) is 12.0. The Morgan fingerprint density at radius 3 is 1.49 bits per heavy atom. The third-order valence-electron chi connectivity index (χ3n) is 24.6. The van der Waals surface area contributed by atoms with E-state index in [9.17, 15) is 29.5 Å². The zero-order valence-electron chi connectivity index (χ0n) is 43.2. The zero-order chi connectivity index (χ0) is 48.2. The molecule has 2 amide bonds. The van der Waals surface area contributed by atoms with Crippen LogP contribution in [-0.2, 0) is 23.7 Å². The highest BCUT2D eigenvalue weighted by atomic mass is 16.7. The van der Waals surface area contributed by atoms with Crippen LogP contribution in [0, 0.1) is 98.6 Å². The summed E-state index contributed by atoms with van der Waals surface area (Å²) in [6, 6.07) is -0.458. The number of amides is 2. The molecule has 11 nitrogen and oxygen atoms in total. The summed E-state index contributed by atoms with van der Waals surface area (Å²) in [7, 11) is -1.68. The van der Waals surface area contributed by atoms with E-state index in [1.54, 1.807) is 4.90 Å². The SMILES string of the molecule is C[C@H](C(=O)N1CCC[C@H]1B1O[C@@H]2C[C@@H]3C[C@@H](C3(C)C)[C@]2(C)O1)C12CC3CC(CC(C3)C1)C2.C[C@H](C(=O)O)C12CC3CC(CC(C3)C1)C2.N[C@H](C(=O)N1CCC[C@H]1B(O)O)C12CC3CC(CC(C3)C1)C2. The van der Waals surface area contributed by atoms with E-state index < -0.39 is 25.1 Å². The van der Waals surface area contributed by atoms with Gasteiger partial charge in [-0.3, -0.25) is 14.4 Å². The van der Waals surface area contributed by atoms with Gasteiger partial charge in [-0.25, -0.2) is 0 Å². The minimum Gasteiger partial charge on any atom is -0.481 e. The molecular weight excluding hydrogens is 864 g/mol. The fraction of sp³-hybridized carbons (Fsp3) is 0.946. The second-order valence-corrected chi connectivity index (χ2v) is 28.8. The second kappa shape index (κ2) is 17.2. The maximum atomic E-state index is 14.0. The van der Waals surface area contributed by atoms with Crippen LogP contribution in [0.3, 0.4) is 0 Å². The quantitative estimate of drug-likeness (QED) is 0.175. The summed E-state index contributed by atoms with van der Waals surface area (Å²) in [6.07, 6.45) is 29.6. The van der Waals surface area contributed by atoms with Crippen molar-refractivity contribution < 1.29 is 38.8 Å². The van der Waals surface area contributed by atoms with Gasteiger partial charge >= 0.3 is 20.2 Å². The first-order chi connectivity index (χ1) is 32.8. The highest BCUT2D eigenvalue weighted by molar-refractivity contribution is 6.48. The predicted molar refractivity (Wildman–Crippen MR) is 266 cm³/mol. The first-order valence-corrected chi connectivity index (χ1v) is 29.1. The van der Waals surface area contributed by atoms with Crippen molar-refractivity contribution in [2.75, 3.05) is 13.1 Å². The number of carboxylic acid groups (broad SMARTS) is 1. The molecule has 0 unspecified atom stereocenters. The summed E-state index contributed by atoms with van der Waals surface area (Å²) in [5.74, 6) is 8.39. The van der Waals surface area contributed by atoms with Gasteiger partial charge < -0.3 is 40.0 Å². The smallest absolute Gasteiger partial charge is 0.481 e. The summed E-state index contributed by atoms with van der Waals surface area (Å²) < 4.78 is 13.5. The number of hydrogen-bond donors (Lipinski definition) is 4. The van der Waals surface area contributed by atoms with E-state index in [0.29, 0.717) is 30.2 Å². The Labute approximate surface area is 414 Å². The number of carboxylic acids is 1. The fourth-order valence-electron chi connectivity index (χ4n) is 22.0. The molecule has 3 heterocycles. The van der Waals surface area contributed by atoms with Crippen LogP contribution in [0.2, 0.25) is 0 Å². The van der Waals surface area contributed by atoms with Crippen molar-refractivity contribution in [3.63, 3.8) is 0 Å². The maximum Gasteiger partial charge on any atom is 0.481 e. The van der Waals surface area contributed by atoms with Gasteiger partial charge in [0.15, 0.2) is 0 Å². The van der Waals surface area contributed by atoms with E-state index in [4.69, 9.17) is 15.0 Å². The van der Waals surface area contributed by atoms with Gasteiger partial charge in [0.1, 0.15) is 0 Å². The summed E-state index contributed by atoms with van der Waals surface area (Å²) in [6.45, 7) is 12.9. The number of hydrogen-bond acceptors (Lipinski definition) is 8. The molecule has 0 aromatic carbocycles. The molecule has 15 aliphatic carbocycles. The normalized spacial score (nSPS) is 49.6. The Bertz CT molecular complexity index is 1910. The van der Waals surface area contributed by atoms with Crippen LogP contribution in [-0.4, -0.2) is 99.7 Å². The molecular formula is C56H89B2N3O8. The van der Waals surface area contributed by atoms with E-state index in [2.05, 4.69) is 32.6 Å². The molecule has 9 atom stereocenters. The highest BCUT2D eigenvalue weighted by Crippen LogP contribution is 2.67. The van der Waals surface area contributed by atoms with Crippen molar-refractivity contribution in [3.8, 4) is 0 Å². The Hall–Kier alpha value is -1.66. The standard InChI is InChI=1S/C27H42BNO3.C16H27BN2O3.C13H20O2/c1-16(27-13-17-8-18(14-27)10-19(9-17)15-27)24(30)29-7-5-6-23(29)28-31-22-12-20-11-21(25(20,2)3)26(22,4)32-28;18-14(15(20)19-3-1-2-13(19)17(21)22)16-7-10-4-11(8-16)6-12(5-10)9-16;1-8(12(14)15)13-5-9-2-10(6-13)4-11(3-9)7-13/h16-23H,5-15H2,1-4H3;10-14,21-22H,1-9,18H2;8-11H,2-7H2,1H3,(H,14,15)/t16-,17?,18?,19?,20+,21+,22-,23+,26+,27?;10?,11?,12?,13-,14+,16?;8-,9?,10?,11?,13?/m101/s1. The average molecular weight is 954 g/mol. The molecule has 3 aliphatic heterocycles. The predicted octanol–water partition coefficient (Wildman–Crippen LogP) is 8.55. The zero-order valence-corrected chi connectivity index (χ0v) is 43.2. The maximum absolute atomic E-state index is 14.0.